The van der Waals surface area contributed by atoms with Crippen LogP contribution in [0, 0.1) is 0 Å². The second kappa shape index (κ2) is 5.25. The summed E-state index contributed by atoms with van der Waals surface area (Å²) >= 11 is 3.57. The van der Waals surface area contributed by atoms with Gasteiger partial charge in [-0.05, 0) is 53.6 Å². The number of para-hydroxylation sites is 1. The highest BCUT2D eigenvalue weighted by atomic mass is 79.9. The van der Waals surface area contributed by atoms with Crippen molar-refractivity contribution < 1.29 is 0 Å². The molecule has 3 aromatic carbocycles. The Bertz CT molecular complexity index is 1060. The van der Waals surface area contributed by atoms with Gasteiger partial charge in [-0.1, -0.05) is 40.2 Å². The molecule has 1 aliphatic heterocycles. The lowest BCUT2D eigenvalue weighted by molar-refractivity contribution is 1.12. The van der Waals surface area contributed by atoms with Gasteiger partial charge in [-0.3, -0.25) is 0 Å². The van der Waals surface area contributed by atoms with Gasteiger partial charge in [0.25, 0.3) is 0 Å². The monoisotopic (exact) mass is 374 g/mol. The van der Waals surface area contributed by atoms with Gasteiger partial charge in [0.2, 0.25) is 0 Å². The topological polar surface area (TPSA) is 17.0 Å². The molecule has 0 amide bonds. The number of rotatable bonds is 1. The van der Waals surface area contributed by atoms with Crippen molar-refractivity contribution in [2.24, 2.45) is 0 Å². The van der Waals surface area contributed by atoms with Gasteiger partial charge >= 0.3 is 0 Å². The molecule has 1 N–H and O–H groups in total. The third kappa shape index (κ3) is 2.09. The van der Waals surface area contributed by atoms with Crippen molar-refractivity contribution in [1.29, 1.82) is 0 Å². The highest BCUT2D eigenvalue weighted by Crippen LogP contribution is 2.39. The number of halogens is 1. The van der Waals surface area contributed by atoms with Crippen molar-refractivity contribution in [2.75, 3.05) is 5.32 Å². The highest BCUT2D eigenvalue weighted by Gasteiger charge is 2.18. The zero-order valence-corrected chi connectivity index (χ0v) is 14.5. The van der Waals surface area contributed by atoms with Crippen molar-refractivity contribution in [3.05, 3.63) is 88.5 Å². The maximum Gasteiger partial charge on any atom is 0.0549 e. The van der Waals surface area contributed by atoms with E-state index in [4.69, 9.17) is 0 Å². The van der Waals surface area contributed by atoms with Gasteiger partial charge in [0, 0.05) is 33.9 Å². The number of hydrogen-bond donors (Lipinski definition) is 1. The van der Waals surface area contributed by atoms with Crippen LogP contribution in [0.25, 0.3) is 16.6 Å². The van der Waals surface area contributed by atoms with E-state index >= 15 is 0 Å². The molecule has 5 rings (SSSR count). The molecule has 0 unspecified atom stereocenters. The lowest BCUT2D eigenvalue weighted by atomic mass is 9.95. The molecule has 0 saturated carbocycles. The average Bonchev–Trinajstić information content (AvgIpc) is 3.05. The van der Waals surface area contributed by atoms with E-state index in [1.54, 1.807) is 0 Å². The van der Waals surface area contributed by atoms with Gasteiger partial charge in [-0.15, -0.1) is 0 Å². The molecule has 0 fully saturated rings. The fraction of sp³-hybridized carbons (Fsp3) is 0.0476. The van der Waals surface area contributed by atoms with Crippen LogP contribution in [-0.4, -0.2) is 4.57 Å². The van der Waals surface area contributed by atoms with E-state index in [-0.39, 0.29) is 0 Å². The highest BCUT2D eigenvalue weighted by molar-refractivity contribution is 9.10. The van der Waals surface area contributed by atoms with Gasteiger partial charge in [0.15, 0.2) is 0 Å². The molecule has 0 atom stereocenters. The van der Waals surface area contributed by atoms with Crippen LogP contribution in [0.1, 0.15) is 11.1 Å². The van der Waals surface area contributed by atoms with Gasteiger partial charge in [-0.2, -0.15) is 0 Å². The molecule has 4 aromatic rings. The average molecular weight is 375 g/mol. The van der Waals surface area contributed by atoms with E-state index in [0.29, 0.717) is 0 Å². The SMILES string of the molecule is Brc1ccc2c(c1)Cc1ccc3c(ccn3-c3ccccc3)c1N2. The third-order valence-electron chi connectivity index (χ3n) is 4.70. The number of nitrogens with one attached hydrogen (secondary N) is 1. The standard InChI is InChI=1S/C21H15BrN2/c22-16-7-8-19-15(13-16)12-14-6-9-20-18(21(14)23-19)10-11-24(20)17-4-2-1-3-5-17/h1-11,13,23H,12H2. The van der Waals surface area contributed by atoms with Crippen molar-refractivity contribution in [3.63, 3.8) is 0 Å². The Morgan fingerprint density at radius 1 is 0.875 bits per heavy atom. The zero-order valence-electron chi connectivity index (χ0n) is 13.0. The maximum atomic E-state index is 3.64. The van der Waals surface area contributed by atoms with Crippen LogP contribution in [0.2, 0.25) is 0 Å². The molecule has 0 spiro atoms. The minimum Gasteiger partial charge on any atom is -0.355 e. The summed E-state index contributed by atoms with van der Waals surface area (Å²) in [5.41, 5.74) is 7.53. The van der Waals surface area contributed by atoms with Crippen LogP contribution in [-0.2, 0) is 6.42 Å². The molecule has 1 aliphatic rings. The number of aromatic nitrogens is 1. The second-order valence-corrected chi connectivity index (χ2v) is 7.07. The summed E-state index contributed by atoms with van der Waals surface area (Å²) in [6, 6.07) is 23.6. The van der Waals surface area contributed by atoms with E-state index in [9.17, 15) is 0 Å². The van der Waals surface area contributed by atoms with Gasteiger partial charge in [-0.25, -0.2) is 0 Å². The third-order valence-corrected chi connectivity index (χ3v) is 5.19. The number of hydrogen-bond acceptors (Lipinski definition) is 1. The smallest absolute Gasteiger partial charge is 0.0549 e. The Kier molecular flexibility index (Phi) is 3.03. The Labute approximate surface area is 148 Å². The van der Waals surface area contributed by atoms with E-state index in [2.05, 4.69) is 92.7 Å². The molecular weight excluding hydrogens is 360 g/mol. The summed E-state index contributed by atoms with van der Waals surface area (Å²) in [6.07, 6.45) is 3.11. The Morgan fingerprint density at radius 2 is 1.75 bits per heavy atom. The fourth-order valence-corrected chi connectivity index (χ4v) is 3.95. The molecule has 3 heteroatoms. The quantitative estimate of drug-likeness (QED) is 0.378. The van der Waals surface area contributed by atoms with Crippen LogP contribution in [0.3, 0.4) is 0 Å². The molecule has 0 radical (unpaired) electrons. The van der Waals surface area contributed by atoms with E-state index in [1.165, 1.54) is 39.1 Å². The van der Waals surface area contributed by atoms with Crippen LogP contribution in [0.15, 0.2) is 77.4 Å². The molecular formula is C21H15BrN2. The number of nitrogens with zero attached hydrogens (tertiary/aromatic N) is 1. The molecule has 0 bridgehead atoms. The van der Waals surface area contributed by atoms with Crippen molar-refractivity contribution in [2.45, 2.75) is 6.42 Å². The summed E-state index contributed by atoms with van der Waals surface area (Å²) < 4.78 is 3.37. The predicted octanol–water partition coefficient (Wildman–Crippen LogP) is 6.04. The van der Waals surface area contributed by atoms with E-state index in [1.807, 2.05) is 6.07 Å². The molecule has 0 saturated heterocycles. The maximum absolute atomic E-state index is 3.64. The van der Waals surface area contributed by atoms with Crippen LogP contribution in [0.5, 0.6) is 0 Å². The number of fused-ring (bicyclic) bond motifs is 4. The van der Waals surface area contributed by atoms with Crippen molar-refractivity contribution >= 4 is 38.2 Å². The molecule has 2 nitrogen and oxygen atoms in total. The Morgan fingerprint density at radius 3 is 2.62 bits per heavy atom. The molecule has 2 heterocycles. The second-order valence-electron chi connectivity index (χ2n) is 6.16. The first-order valence-electron chi connectivity index (χ1n) is 8.03. The largest absolute Gasteiger partial charge is 0.355 e. The summed E-state index contributed by atoms with van der Waals surface area (Å²) in [5.74, 6) is 0. The van der Waals surface area contributed by atoms with Crippen LogP contribution < -0.4 is 5.32 Å². The molecule has 0 aliphatic carbocycles. The van der Waals surface area contributed by atoms with Crippen LogP contribution in [0.4, 0.5) is 11.4 Å². The number of benzene rings is 3. The first-order chi connectivity index (χ1) is 11.8. The zero-order chi connectivity index (χ0) is 16.1. The molecule has 1 aromatic heterocycles. The van der Waals surface area contributed by atoms with Gasteiger partial charge < -0.3 is 9.88 Å². The van der Waals surface area contributed by atoms with Gasteiger partial charge in [0.05, 0.1) is 11.2 Å². The fourth-order valence-electron chi connectivity index (χ4n) is 3.54. The molecule has 24 heavy (non-hydrogen) atoms. The predicted molar refractivity (Wildman–Crippen MR) is 104 cm³/mol. The lowest BCUT2D eigenvalue weighted by Crippen LogP contribution is -2.07. The van der Waals surface area contributed by atoms with Crippen LogP contribution >= 0.6 is 15.9 Å². The van der Waals surface area contributed by atoms with Gasteiger partial charge in [0.1, 0.15) is 0 Å². The normalized spacial score (nSPS) is 12.5. The van der Waals surface area contributed by atoms with Crippen molar-refractivity contribution in [1.82, 2.24) is 4.57 Å². The Hall–Kier alpha value is -2.52. The Balaban J connectivity index is 1.68. The number of anilines is 2. The van der Waals surface area contributed by atoms with Crippen molar-refractivity contribution in [3.8, 4) is 5.69 Å². The molecule has 116 valence electrons. The summed E-state index contributed by atoms with van der Waals surface area (Å²) in [6.45, 7) is 0. The summed E-state index contributed by atoms with van der Waals surface area (Å²) in [7, 11) is 0. The van der Waals surface area contributed by atoms with E-state index < -0.39 is 0 Å². The first kappa shape index (κ1) is 13.9. The van der Waals surface area contributed by atoms with E-state index in [0.717, 1.165) is 10.9 Å². The minimum absolute atomic E-state index is 0.962. The first-order valence-corrected chi connectivity index (χ1v) is 8.83. The lowest BCUT2D eigenvalue weighted by Gasteiger charge is -2.22. The minimum atomic E-state index is 0.962. The summed E-state index contributed by atoms with van der Waals surface area (Å²) in [4.78, 5) is 0. The summed E-state index contributed by atoms with van der Waals surface area (Å²) in [5, 5.41) is 4.91.